The van der Waals surface area contributed by atoms with E-state index in [1.165, 1.54) is 0 Å². The van der Waals surface area contributed by atoms with Crippen LogP contribution in [0, 0.1) is 4.77 Å². The number of H-pyrrole nitrogens is 2. The lowest BCUT2D eigenvalue weighted by Crippen LogP contribution is -2.34. The van der Waals surface area contributed by atoms with Gasteiger partial charge in [0.15, 0.2) is 5.52 Å². The van der Waals surface area contributed by atoms with Gasteiger partial charge in [0.05, 0.1) is 17.4 Å². The van der Waals surface area contributed by atoms with Crippen molar-refractivity contribution >= 4 is 33.8 Å². The second kappa shape index (κ2) is 5.60. The van der Waals surface area contributed by atoms with Crippen LogP contribution in [0.1, 0.15) is 0 Å². The summed E-state index contributed by atoms with van der Waals surface area (Å²) in [5.41, 5.74) is 1.88. The van der Waals surface area contributed by atoms with Gasteiger partial charge in [0.1, 0.15) is 5.75 Å². The fourth-order valence-corrected chi connectivity index (χ4v) is 3.60. The van der Waals surface area contributed by atoms with Crippen molar-refractivity contribution in [2.45, 2.75) is 0 Å². The number of nitrogens with one attached hydrogen (secondary N) is 2. The highest BCUT2D eigenvalue weighted by Gasteiger charge is 2.22. The van der Waals surface area contributed by atoms with Gasteiger partial charge in [-0.2, -0.15) is 0 Å². The molecule has 4 rings (SSSR count). The van der Waals surface area contributed by atoms with Crippen molar-refractivity contribution in [1.82, 2.24) is 15.1 Å². The van der Waals surface area contributed by atoms with E-state index < -0.39 is 0 Å². The molecule has 0 fully saturated rings. The zero-order valence-electron chi connectivity index (χ0n) is 12.2. The first kappa shape index (κ1) is 14.1. The SMILES string of the molecule is COc1ccccc1-c1[nH]c(=S)[nH][n+]1-c1nc2ccccc2s1. The Kier molecular flexibility index (Phi) is 3.44. The van der Waals surface area contributed by atoms with E-state index in [0.29, 0.717) is 4.77 Å². The van der Waals surface area contributed by atoms with Gasteiger partial charge in [-0.05, 0) is 36.5 Å². The number of aromatic amines is 2. The molecule has 0 aliphatic rings. The van der Waals surface area contributed by atoms with E-state index in [9.17, 15) is 0 Å². The molecule has 2 aromatic heterocycles. The van der Waals surface area contributed by atoms with E-state index in [0.717, 1.165) is 32.5 Å². The number of para-hydroxylation sites is 2. The highest BCUT2D eigenvalue weighted by Crippen LogP contribution is 2.28. The second-order valence-electron chi connectivity index (χ2n) is 4.91. The lowest BCUT2D eigenvalue weighted by Gasteiger charge is -2.04. The Balaban J connectivity index is 1.95. The standard InChI is InChI=1S/C16H12N4OS2/c1-21-12-8-4-2-6-10(12)14-18-15(22)19-20(14)16-17-11-7-3-5-9-13(11)23-16/h2-9H,1H3,(H,19,22)/p+1. The predicted molar refractivity (Wildman–Crippen MR) is 92.7 cm³/mol. The van der Waals surface area contributed by atoms with Crippen molar-refractivity contribution in [3.05, 3.63) is 53.3 Å². The molecule has 0 amide bonds. The number of ether oxygens (including phenoxy) is 1. The normalized spacial score (nSPS) is 11.0. The second-order valence-corrected chi connectivity index (χ2v) is 6.33. The summed E-state index contributed by atoms with van der Waals surface area (Å²) in [5, 5.41) is 3.96. The van der Waals surface area contributed by atoms with Gasteiger partial charge in [-0.3, -0.25) is 0 Å². The molecule has 2 heterocycles. The van der Waals surface area contributed by atoms with Gasteiger partial charge in [-0.15, -0.1) is 4.68 Å². The number of fused-ring (bicyclic) bond motifs is 1. The van der Waals surface area contributed by atoms with Gasteiger partial charge in [-0.1, -0.05) is 40.6 Å². The topological polar surface area (TPSA) is 57.6 Å². The summed E-state index contributed by atoms with van der Waals surface area (Å²) in [4.78, 5) is 7.87. The molecule has 2 N–H and O–H groups in total. The molecular weight excluding hydrogens is 328 g/mol. The Morgan fingerprint density at radius 2 is 1.91 bits per heavy atom. The van der Waals surface area contributed by atoms with E-state index in [4.69, 9.17) is 17.0 Å². The highest BCUT2D eigenvalue weighted by molar-refractivity contribution is 7.71. The third-order valence-electron chi connectivity index (χ3n) is 3.50. The summed E-state index contributed by atoms with van der Waals surface area (Å²) in [6.45, 7) is 0. The molecule has 0 saturated heterocycles. The van der Waals surface area contributed by atoms with E-state index >= 15 is 0 Å². The molecule has 2 aromatic carbocycles. The minimum Gasteiger partial charge on any atom is -0.496 e. The fourth-order valence-electron chi connectivity index (χ4n) is 2.48. The number of thiazole rings is 1. The van der Waals surface area contributed by atoms with E-state index in [1.807, 2.05) is 47.1 Å². The van der Waals surface area contributed by atoms with Crippen LogP contribution in [0.15, 0.2) is 48.5 Å². The third-order valence-corrected chi connectivity index (χ3v) is 4.72. The van der Waals surface area contributed by atoms with E-state index in [2.05, 4.69) is 21.1 Å². The van der Waals surface area contributed by atoms with Crippen molar-refractivity contribution in [1.29, 1.82) is 0 Å². The maximum Gasteiger partial charge on any atom is 0.344 e. The van der Waals surface area contributed by atoms with Crippen molar-refractivity contribution < 1.29 is 9.42 Å². The Morgan fingerprint density at radius 1 is 1.13 bits per heavy atom. The van der Waals surface area contributed by atoms with E-state index in [1.54, 1.807) is 18.4 Å². The van der Waals surface area contributed by atoms with Crippen LogP contribution >= 0.6 is 23.6 Å². The molecule has 0 spiro atoms. The monoisotopic (exact) mass is 341 g/mol. The molecule has 0 saturated carbocycles. The van der Waals surface area contributed by atoms with Gasteiger partial charge in [0.2, 0.25) is 0 Å². The molecular formula is C16H13N4OS2+. The zero-order valence-corrected chi connectivity index (χ0v) is 13.9. The molecule has 0 bridgehead atoms. The van der Waals surface area contributed by atoms with Crippen LogP contribution in [0.25, 0.3) is 26.7 Å². The average molecular weight is 341 g/mol. The van der Waals surface area contributed by atoms with Gasteiger partial charge < -0.3 is 4.74 Å². The number of methoxy groups -OCH3 is 1. The molecule has 0 atom stereocenters. The fraction of sp³-hybridized carbons (Fsp3) is 0.0625. The van der Waals surface area contributed by atoms with Crippen LogP contribution < -0.4 is 9.42 Å². The average Bonchev–Trinajstić information content (AvgIpc) is 3.17. The number of benzene rings is 2. The van der Waals surface area contributed by atoms with Gasteiger partial charge in [-0.25, -0.2) is 10.1 Å². The lowest BCUT2D eigenvalue weighted by atomic mass is 10.2. The largest absolute Gasteiger partial charge is 0.496 e. The maximum absolute atomic E-state index is 5.46. The summed E-state index contributed by atoms with van der Waals surface area (Å²) in [5.74, 6) is 1.58. The summed E-state index contributed by atoms with van der Waals surface area (Å²) in [6, 6.07) is 15.8. The number of rotatable bonds is 3. The summed E-state index contributed by atoms with van der Waals surface area (Å²) < 4.78 is 8.99. The van der Waals surface area contributed by atoms with Crippen molar-refractivity contribution in [3.8, 4) is 22.3 Å². The quantitative estimate of drug-likeness (QED) is 0.442. The first-order chi connectivity index (χ1) is 11.3. The molecule has 0 aliphatic heterocycles. The molecule has 23 heavy (non-hydrogen) atoms. The third kappa shape index (κ3) is 2.43. The summed E-state index contributed by atoms with van der Waals surface area (Å²) in [6.07, 6.45) is 0. The van der Waals surface area contributed by atoms with Crippen LogP contribution in [0.2, 0.25) is 0 Å². The van der Waals surface area contributed by atoms with Crippen LogP contribution in [-0.4, -0.2) is 22.2 Å². The minimum absolute atomic E-state index is 0.533. The maximum atomic E-state index is 5.46. The first-order valence-corrected chi connectivity index (χ1v) is 8.22. The van der Waals surface area contributed by atoms with Gasteiger partial charge in [0.25, 0.3) is 10.6 Å². The van der Waals surface area contributed by atoms with Gasteiger partial charge in [0, 0.05) is 0 Å². The Labute approximate surface area is 141 Å². The summed E-state index contributed by atoms with van der Waals surface area (Å²) in [7, 11) is 1.65. The van der Waals surface area contributed by atoms with Crippen LogP contribution in [-0.2, 0) is 0 Å². The van der Waals surface area contributed by atoms with Crippen LogP contribution in [0.4, 0.5) is 0 Å². The zero-order chi connectivity index (χ0) is 15.8. The van der Waals surface area contributed by atoms with Crippen LogP contribution in [0.5, 0.6) is 5.75 Å². The molecule has 0 unspecified atom stereocenters. The number of aromatic nitrogens is 4. The Morgan fingerprint density at radius 3 is 2.74 bits per heavy atom. The smallest absolute Gasteiger partial charge is 0.344 e. The molecule has 7 heteroatoms. The molecule has 114 valence electrons. The lowest BCUT2D eigenvalue weighted by molar-refractivity contribution is -0.645. The predicted octanol–water partition coefficient (Wildman–Crippen LogP) is 3.63. The molecule has 4 aromatic rings. The molecule has 5 nitrogen and oxygen atoms in total. The minimum atomic E-state index is 0.533. The number of hydrogen-bond donors (Lipinski definition) is 2. The van der Waals surface area contributed by atoms with Crippen molar-refractivity contribution in [3.63, 3.8) is 0 Å². The highest BCUT2D eigenvalue weighted by atomic mass is 32.1. The molecule has 0 aliphatic carbocycles. The van der Waals surface area contributed by atoms with Crippen molar-refractivity contribution in [2.24, 2.45) is 0 Å². The first-order valence-electron chi connectivity index (χ1n) is 7.00. The van der Waals surface area contributed by atoms with E-state index in [-0.39, 0.29) is 0 Å². The number of hydrogen-bond acceptors (Lipinski definition) is 4. The Hall–Kier alpha value is -2.51. The summed E-state index contributed by atoms with van der Waals surface area (Å²) >= 11 is 6.88. The van der Waals surface area contributed by atoms with Gasteiger partial charge >= 0.3 is 5.13 Å². The van der Waals surface area contributed by atoms with Crippen molar-refractivity contribution in [2.75, 3.05) is 7.11 Å². The Bertz CT molecular complexity index is 1010. The number of nitrogens with zero attached hydrogens (tertiary/aromatic N) is 2. The van der Waals surface area contributed by atoms with Crippen LogP contribution in [0.3, 0.4) is 0 Å². The molecule has 0 radical (unpaired) electrons.